The number of nitriles is 1. The van der Waals surface area contributed by atoms with Crippen molar-refractivity contribution >= 4 is 6.09 Å². The van der Waals surface area contributed by atoms with Crippen LogP contribution in [0.15, 0.2) is 18.2 Å². The molecule has 1 N–H and O–H groups in total. The molecule has 0 bridgehead atoms. The first-order valence-electron chi connectivity index (χ1n) is 6.89. The average molecular weight is 300 g/mol. The molecule has 0 atom stereocenters. The molecule has 1 aromatic carbocycles. The second-order valence-corrected chi connectivity index (χ2v) is 5.51. The molecule has 0 aromatic heterocycles. The molecule has 5 nitrogen and oxygen atoms in total. The summed E-state index contributed by atoms with van der Waals surface area (Å²) in [5.74, 6) is 6.41. The Morgan fingerprint density at radius 3 is 2.68 bits per heavy atom. The molecule has 1 aromatic rings. The van der Waals surface area contributed by atoms with Gasteiger partial charge in [-0.05, 0) is 39.0 Å². The van der Waals surface area contributed by atoms with E-state index in [1.165, 1.54) is 7.11 Å². The highest BCUT2D eigenvalue weighted by atomic mass is 16.6. The van der Waals surface area contributed by atoms with E-state index in [0.29, 0.717) is 24.3 Å². The molecular weight excluding hydrogens is 280 g/mol. The molecule has 0 heterocycles. The lowest BCUT2D eigenvalue weighted by atomic mass is 10.1. The Hall–Kier alpha value is -2.66. The molecule has 1 rings (SSSR count). The zero-order chi connectivity index (χ0) is 16.6. The largest absolute Gasteiger partial charge is 0.495 e. The fourth-order valence-corrected chi connectivity index (χ4v) is 1.57. The fourth-order valence-electron chi connectivity index (χ4n) is 1.57. The highest BCUT2D eigenvalue weighted by Crippen LogP contribution is 2.18. The summed E-state index contributed by atoms with van der Waals surface area (Å²) in [7, 11) is 1.51. The number of carbonyl (C=O) groups is 1. The average Bonchev–Trinajstić information content (AvgIpc) is 2.44. The summed E-state index contributed by atoms with van der Waals surface area (Å²) in [4.78, 5) is 11.4. The Bertz CT molecular complexity index is 628. The first kappa shape index (κ1) is 17.4. The minimum absolute atomic E-state index is 0.412. The van der Waals surface area contributed by atoms with Gasteiger partial charge in [0.15, 0.2) is 0 Å². The second-order valence-electron chi connectivity index (χ2n) is 5.51. The predicted octanol–water partition coefficient (Wildman–Crippen LogP) is 2.83. The zero-order valence-corrected chi connectivity index (χ0v) is 13.3. The van der Waals surface area contributed by atoms with Crippen LogP contribution in [0, 0.1) is 23.2 Å². The third-order valence-corrected chi connectivity index (χ3v) is 2.47. The Kier molecular flexibility index (Phi) is 6.28. The number of hydrogen-bond acceptors (Lipinski definition) is 4. The van der Waals surface area contributed by atoms with Crippen LogP contribution in [-0.2, 0) is 4.74 Å². The molecule has 1 amide bonds. The van der Waals surface area contributed by atoms with Gasteiger partial charge in [0.05, 0.1) is 12.7 Å². The number of methoxy groups -OCH3 is 1. The number of carbonyl (C=O) groups excluding carboxylic acids is 1. The van der Waals surface area contributed by atoms with Crippen LogP contribution in [0.3, 0.4) is 0 Å². The second kappa shape index (κ2) is 7.95. The van der Waals surface area contributed by atoms with Crippen molar-refractivity contribution in [2.75, 3.05) is 13.7 Å². The quantitative estimate of drug-likeness (QED) is 0.688. The Labute approximate surface area is 131 Å². The molecule has 0 radical (unpaired) electrons. The fraction of sp³-hybridized carbons (Fsp3) is 0.412. The lowest BCUT2D eigenvalue weighted by Gasteiger charge is -2.19. The standard InChI is InChI=1S/C17H20N2O3/c1-17(2,3)22-16(20)19-10-6-5-7-13-8-9-14(12-18)15(11-13)21-4/h8-9,11H,6,10H2,1-4H3,(H,19,20). The number of alkyl carbamates (subject to hydrolysis) is 1. The monoisotopic (exact) mass is 300 g/mol. The third-order valence-electron chi connectivity index (χ3n) is 2.47. The molecule has 0 unspecified atom stereocenters. The summed E-state index contributed by atoms with van der Waals surface area (Å²) in [5.41, 5.74) is 0.724. The molecule has 5 heteroatoms. The maximum Gasteiger partial charge on any atom is 0.407 e. The Morgan fingerprint density at radius 1 is 1.36 bits per heavy atom. The maximum absolute atomic E-state index is 11.4. The van der Waals surface area contributed by atoms with Gasteiger partial charge < -0.3 is 14.8 Å². The lowest BCUT2D eigenvalue weighted by molar-refractivity contribution is 0.0529. The number of hydrogen-bond donors (Lipinski definition) is 1. The summed E-state index contributed by atoms with van der Waals surface area (Å²) in [6, 6.07) is 7.19. The lowest BCUT2D eigenvalue weighted by Crippen LogP contribution is -2.32. The van der Waals surface area contributed by atoms with Crippen LogP contribution in [0.2, 0.25) is 0 Å². The molecule has 0 spiro atoms. The van der Waals surface area contributed by atoms with Crippen molar-refractivity contribution in [3.63, 3.8) is 0 Å². The van der Waals surface area contributed by atoms with Gasteiger partial charge in [-0.15, -0.1) is 0 Å². The number of nitrogens with one attached hydrogen (secondary N) is 1. The van der Waals surface area contributed by atoms with Crippen LogP contribution < -0.4 is 10.1 Å². The first-order chi connectivity index (χ1) is 10.4. The van der Waals surface area contributed by atoms with Crippen molar-refractivity contribution in [1.29, 1.82) is 5.26 Å². The number of nitrogens with zero attached hydrogens (tertiary/aromatic N) is 1. The van der Waals surface area contributed by atoms with Gasteiger partial charge in [-0.25, -0.2) is 4.79 Å². The smallest absolute Gasteiger partial charge is 0.407 e. The van der Waals surface area contributed by atoms with Gasteiger partial charge in [-0.2, -0.15) is 5.26 Å². The van der Waals surface area contributed by atoms with Gasteiger partial charge in [0.1, 0.15) is 17.4 Å². The summed E-state index contributed by atoms with van der Waals surface area (Å²) in [6.07, 6.45) is 0.0519. The van der Waals surface area contributed by atoms with Gasteiger partial charge in [-0.3, -0.25) is 0 Å². The van der Waals surface area contributed by atoms with Gasteiger partial charge >= 0.3 is 6.09 Å². The van der Waals surface area contributed by atoms with E-state index in [2.05, 4.69) is 17.2 Å². The molecule has 0 aliphatic heterocycles. The number of benzene rings is 1. The molecular formula is C17H20N2O3. The maximum atomic E-state index is 11.4. The minimum atomic E-state index is -0.505. The van der Waals surface area contributed by atoms with E-state index in [0.717, 1.165) is 5.56 Å². The molecule has 0 saturated carbocycles. The highest BCUT2D eigenvalue weighted by Gasteiger charge is 2.15. The van der Waals surface area contributed by atoms with Crippen molar-refractivity contribution in [2.45, 2.75) is 32.8 Å². The van der Waals surface area contributed by atoms with E-state index in [9.17, 15) is 4.79 Å². The van der Waals surface area contributed by atoms with Gasteiger partial charge in [0, 0.05) is 18.5 Å². The van der Waals surface area contributed by atoms with Crippen LogP contribution in [0.25, 0.3) is 0 Å². The third kappa shape index (κ3) is 6.19. The molecule has 0 saturated heterocycles. The van der Waals surface area contributed by atoms with Crippen LogP contribution in [0.4, 0.5) is 4.79 Å². The zero-order valence-electron chi connectivity index (χ0n) is 13.3. The van der Waals surface area contributed by atoms with Crippen molar-refractivity contribution < 1.29 is 14.3 Å². The van der Waals surface area contributed by atoms with E-state index < -0.39 is 11.7 Å². The van der Waals surface area contributed by atoms with Gasteiger partial charge in [0.25, 0.3) is 0 Å². The van der Waals surface area contributed by atoms with Crippen molar-refractivity contribution in [3.05, 3.63) is 29.3 Å². The summed E-state index contributed by atoms with van der Waals surface area (Å²) in [6.45, 7) is 5.84. The van der Waals surface area contributed by atoms with Crippen LogP contribution in [-0.4, -0.2) is 25.3 Å². The molecule has 116 valence electrons. The number of rotatable bonds is 3. The van der Waals surface area contributed by atoms with E-state index in [-0.39, 0.29) is 0 Å². The number of ether oxygens (including phenoxy) is 2. The normalized spacial score (nSPS) is 9.95. The van der Waals surface area contributed by atoms with E-state index in [1.54, 1.807) is 18.2 Å². The topological polar surface area (TPSA) is 71.3 Å². The Morgan fingerprint density at radius 2 is 2.09 bits per heavy atom. The van der Waals surface area contributed by atoms with Crippen molar-refractivity contribution in [3.8, 4) is 23.7 Å². The molecule has 22 heavy (non-hydrogen) atoms. The molecule has 0 aliphatic rings. The van der Waals surface area contributed by atoms with Crippen molar-refractivity contribution in [2.24, 2.45) is 0 Å². The summed E-state index contributed by atoms with van der Waals surface area (Å²) < 4.78 is 10.2. The van der Waals surface area contributed by atoms with E-state index in [1.807, 2.05) is 26.8 Å². The molecule has 0 aliphatic carbocycles. The van der Waals surface area contributed by atoms with Gasteiger partial charge in [-0.1, -0.05) is 11.8 Å². The predicted molar refractivity (Wildman–Crippen MR) is 83.4 cm³/mol. The highest BCUT2D eigenvalue weighted by molar-refractivity contribution is 5.67. The Balaban J connectivity index is 2.49. The van der Waals surface area contributed by atoms with Crippen molar-refractivity contribution in [1.82, 2.24) is 5.32 Å². The van der Waals surface area contributed by atoms with Gasteiger partial charge in [0.2, 0.25) is 0 Å². The minimum Gasteiger partial charge on any atom is -0.495 e. The number of amides is 1. The van der Waals surface area contributed by atoms with Crippen LogP contribution in [0.5, 0.6) is 5.75 Å². The summed E-state index contributed by atoms with van der Waals surface area (Å²) >= 11 is 0. The van der Waals surface area contributed by atoms with Crippen LogP contribution in [0.1, 0.15) is 38.3 Å². The van der Waals surface area contributed by atoms with Crippen LogP contribution >= 0.6 is 0 Å². The SMILES string of the molecule is COc1cc(C#CCCNC(=O)OC(C)(C)C)ccc1C#N. The first-order valence-corrected chi connectivity index (χ1v) is 6.89. The van der Waals surface area contributed by atoms with E-state index >= 15 is 0 Å². The van der Waals surface area contributed by atoms with E-state index in [4.69, 9.17) is 14.7 Å². The summed E-state index contributed by atoms with van der Waals surface area (Å²) in [5, 5.41) is 11.5. The molecule has 0 fully saturated rings.